The largest absolute Gasteiger partial charge is 0.350 e. The molecule has 1 N–H and O–H groups in total. The lowest BCUT2D eigenvalue weighted by Gasteiger charge is -2.40. The minimum atomic E-state index is -0.112. The second kappa shape index (κ2) is 5.39. The molecule has 0 saturated carbocycles. The molecule has 2 aliphatic heterocycles. The number of benzene rings is 2. The van der Waals surface area contributed by atoms with Crippen LogP contribution in [0, 0.1) is 0 Å². The predicted octanol–water partition coefficient (Wildman–Crippen LogP) is 2.82. The van der Waals surface area contributed by atoms with Crippen LogP contribution in [0.5, 0.6) is 0 Å². The molecule has 2 heterocycles. The highest BCUT2D eigenvalue weighted by Crippen LogP contribution is 2.35. The van der Waals surface area contributed by atoms with Crippen LogP contribution in [0.3, 0.4) is 0 Å². The first-order valence-electron chi connectivity index (χ1n) is 7.61. The molecule has 23 heavy (non-hydrogen) atoms. The van der Waals surface area contributed by atoms with Gasteiger partial charge in [-0.05, 0) is 41.8 Å². The van der Waals surface area contributed by atoms with Gasteiger partial charge >= 0.3 is 0 Å². The third-order valence-electron chi connectivity index (χ3n) is 4.56. The number of rotatable bonds is 1. The van der Waals surface area contributed by atoms with Crippen LogP contribution in [-0.4, -0.2) is 29.8 Å². The second-order valence-corrected chi connectivity index (χ2v) is 6.30. The number of amides is 2. The summed E-state index contributed by atoms with van der Waals surface area (Å²) >= 11 is 6.01. The van der Waals surface area contributed by atoms with Gasteiger partial charge in [-0.25, -0.2) is 0 Å². The fourth-order valence-corrected chi connectivity index (χ4v) is 3.69. The normalized spacial score (nSPS) is 19.1. The molecule has 2 amide bonds. The van der Waals surface area contributed by atoms with E-state index in [1.807, 2.05) is 23.1 Å². The first-order valence-corrected chi connectivity index (χ1v) is 7.99. The van der Waals surface area contributed by atoms with E-state index in [0.717, 1.165) is 17.5 Å². The molecular weight excluding hydrogens is 312 g/mol. The van der Waals surface area contributed by atoms with E-state index in [9.17, 15) is 9.59 Å². The molecule has 1 unspecified atom stereocenters. The third-order valence-corrected chi connectivity index (χ3v) is 4.80. The van der Waals surface area contributed by atoms with E-state index in [1.165, 1.54) is 0 Å². The molecule has 2 aliphatic rings. The van der Waals surface area contributed by atoms with Gasteiger partial charge in [0, 0.05) is 29.2 Å². The van der Waals surface area contributed by atoms with Gasteiger partial charge in [0.2, 0.25) is 0 Å². The van der Waals surface area contributed by atoms with Crippen molar-refractivity contribution in [3.05, 3.63) is 69.7 Å². The highest BCUT2D eigenvalue weighted by atomic mass is 35.5. The van der Waals surface area contributed by atoms with Crippen LogP contribution < -0.4 is 5.32 Å². The third kappa shape index (κ3) is 2.30. The fourth-order valence-electron chi connectivity index (χ4n) is 3.50. The Morgan fingerprint density at radius 3 is 2.87 bits per heavy atom. The maximum absolute atomic E-state index is 12.9. The number of carbonyl (C=O) groups is 2. The van der Waals surface area contributed by atoms with Crippen molar-refractivity contribution in [2.24, 2.45) is 0 Å². The highest BCUT2D eigenvalue weighted by molar-refractivity contribution is 6.31. The Balaban J connectivity index is 1.75. The molecule has 1 atom stereocenters. The van der Waals surface area contributed by atoms with Crippen molar-refractivity contribution in [3.8, 4) is 0 Å². The van der Waals surface area contributed by atoms with E-state index in [4.69, 9.17) is 11.6 Å². The van der Waals surface area contributed by atoms with Gasteiger partial charge in [0.1, 0.15) is 0 Å². The Morgan fingerprint density at radius 2 is 2.04 bits per heavy atom. The average Bonchev–Trinajstić information content (AvgIpc) is 2.57. The lowest BCUT2D eigenvalue weighted by molar-refractivity contribution is 0.0631. The van der Waals surface area contributed by atoms with Crippen LogP contribution in [0.15, 0.2) is 42.5 Å². The van der Waals surface area contributed by atoms with Gasteiger partial charge in [-0.1, -0.05) is 29.8 Å². The van der Waals surface area contributed by atoms with E-state index in [0.29, 0.717) is 29.2 Å². The Bertz CT molecular complexity index is 818. The zero-order valence-corrected chi connectivity index (χ0v) is 13.1. The number of hydrogen-bond acceptors (Lipinski definition) is 2. The van der Waals surface area contributed by atoms with Gasteiger partial charge in [0.25, 0.3) is 11.8 Å². The van der Waals surface area contributed by atoms with E-state index in [2.05, 4.69) is 5.32 Å². The Morgan fingerprint density at radius 1 is 1.22 bits per heavy atom. The smallest absolute Gasteiger partial charge is 0.254 e. The van der Waals surface area contributed by atoms with Gasteiger partial charge in [-0.2, -0.15) is 0 Å². The molecule has 2 aromatic rings. The van der Waals surface area contributed by atoms with E-state index < -0.39 is 0 Å². The molecule has 0 fully saturated rings. The Hall–Kier alpha value is -2.33. The molecule has 116 valence electrons. The monoisotopic (exact) mass is 326 g/mol. The molecule has 5 heteroatoms. The topological polar surface area (TPSA) is 49.4 Å². The summed E-state index contributed by atoms with van der Waals surface area (Å²) < 4.78 is 0. The van der Waals surface area contributed by atoms with Gasteiger partial charge in [-0.3, -0.25) is 9.59 Å². The van der Waals surface area contributed by atoms with Gasteiger partial charge in [0.15, 0.2) is 0 Å². The van der Waals surface area contributed by atoms with E-state index >= 15 is 0 Å². The van der Waals surface area contributed by atoms with Crippen molar-refractivity contribution in [1.82, 2.24) is 10.2 Å². The first-order chi connectivity index (χ1) is 11.1. The van der Waals surface area contributed by atoms with Crippen molar-refractivity contribution < 1.29 is 9.59 Å². The van der Waals surface area contributed by atoms with Crippen molar-refractivity contribution in [1.29, 1.82) is 0 Å². The maximum atomic E-state index is 12.9. The molecule has 0 spiro atoms. The van der Waals surface area contributed by atoms with E-state index in [-0.39, 0.29) is 17.9 Å². The van der Waals surface area contributed by atoms with Crippen molar-refractivity contribution >= 4 is 23.4 Å². The van der Waals surface area contributed by atoms with Crippen molar-refractivity contribution in [2.75, 3.05) is 13.1 Å². The van der Waals surface area contributed by atoms with Gasteiger partial charge in [0.05, 0.1) is 6.04 Å². The number of hydrogen-bond donors (Lipinski definition) is 1. The summed E-state index contributed by atoms with van der Waals surface area (Å²) in [5.41, 5.74) is 3.42. The fraction of sp³-hybridized carbons (Fsp3) is 0.222. The van der Waals surface area contributed by atoms with Crippen LogP contribution in [0.25, 0.3) is 0 Å². The second-order valence-electron chi connectivity index (χ2n) is 5.86. The van der Waals surface area contributed by atoms with Crippen molar-refractivity contribution in [3.63, 3.8) is 0 Å². The van der Waals surface area contributed by atoms with Crippen LogP contribution in [0.4, 0.5) is 0 Å². The maximum Gasteiger partial charge on any atom is 0.254 e. The summed E-state index contributed by atoms with van der Waals surface area (Å²) in [6.45, 7) is 1.09. The molecular formula is C18H15ClN2O2. The number of halogens is 1. The summed E-state index contributed by atoms with van der Waals surface area (Å²) in [6, 6.07) is 12.7. The molecule has 0 aromatic heterocycles. The average molecular weight is 327 g/mol. The zero-order chi connectivity index (χ0) is 16.0. The lowest BCUT2D eigenvalue weighted by Crippen LogP contribution is -2.49. The SMILES string of the molecule is O=C1NCC2c3c(cccc31)CCN2C(=O)c1cccc(Cl)c1. The number of nitrogens with zero attached hydrogens (tertiary/aromatic N) is 1. The van der Waals surface area contributed by atoms with E-state index in [1.54, 1.807) is 24.3 Å². The zero-order valence-electron chi connectivity index (χ0n) is 12.4. The summed E-state index contributed by atoms with van der Waals surface area (Å²) in [5.74, 6) is -0.107. The molecule has 4 nitrogen and oxygen atoms in total. The molecule has 2 aromatic carbocycles. The van der Waals surface area contributed by atoms with Crippen LogP contribution >= 0.6 is 11.6 Å². The molecule has 4 rings (SSSR count). The summed E-state index contributed by atoms with van der Waals surface area (Å²) in [7, 11) is 0. The minimum absolute atomic E-state index is 0.0471. The Kier molecular flexibility index (Phi) is 3.34. The summed E-state index contributed by atoms with van der Waals surface area (Å²) in [5, 5.41) is 3.44. The lowest BCUT2D eigenvalue weighted by atomic mass is 9.85. The van der Waals surface area contributed by atoms with Crippen molar-refractivity contribution in [2.45, 2.75) is 12.5 Å². The Labute approximate surface area is 139 Å². The highest BCUT2D eigenvalue weighted by Gasteiger charge is 2.37. The van der Waals surface area contributed by atoms with Crippen LogP contribution in [0.2, 0.25) is 5.02 Å². The summed E-state index contributed by atoms with van der Waals surface area (Å²) in [4.78, 5) is 26.8. The minimum Gasteiger partial charge on any atom is -0.350 e. The number of carbonyl (C=O) groups excluding carboxylic acids is 2. The van der Waals surface area contributed by atoms with Crippen LogP contribution in [0.1, 0.15) is 37.9 Å². The van der Waals surface area contributed by atoms with Gasteiger partial charge in [-0.15, -0.1) is 0 Å². The predicted molar refractivity (Wildman–Crippen MR) is 87.7 cm³/mol. The molecule has 0 aliphatic carbocycles. The standard InChI is InChI=1S/C18H15ClN2O2/c19-13-5-1-4-12(9-13)18(23)21-8-7-11-3-2-6-14-16(11)15(21)10-20-17(14)22/h1-6,9,15H,7-8,10H2,(H,20,22). The first kappa shape index (κ1) is 14.3. The molecule has 0 saturated heterocycles. The molecule has 0 radical (unpaired) electrons. The van der Waals surface area contributed by atoms with Crippen LogP contribution in [-0.2, 0) is 6.42 Å². The van der Waals surface area contributed by atoms with Gasteiger partial charge < -0.3 is 10.2 Å². The number of nitrogens with one attached hydrogen (secondary N) is 1. The quantitative estimate of drug-likeness (QED) is 0.876. The molecule has 0 bridgehead atoms. The summed E-state index contributed by atoms with van der Waals surface area (Å²) in [6.07, 6.45) is 0.763.